The van der Waals surface area contributed by atoms with E-state index in [0.29, 0.717) is 17.5 Å². The minimum Gasteiger partial charge on any atom is -0.454 e. The van der Waals surface area contributed by atoms with Crippen molar-refractivity contribution in [2.75, 3.05) is 0 Å². The zero-order valence-electron chi connectivity index (χ0n) is 31.4. The summed E-state index contributed by atoms with van der Waals surface area (Å²) in [6.07, 6.45) is 0. The van der Waals surface area contributed by atoms with Gasteiger partial charge in [0.25, 0.3) is 0 Å². The highest BCUT2D eigenvalue weighted by Crippen LogP contribution is 2.44. The zero-order chi connectivity index (χ0) is 38.6. The van der Waals surface area contributed by atoms with Crippen LogP contribution in [-0.4, -0.2) is 19.5 Å². The number of rotatable bonds is 4. The number of aromatic nitrogens is 4. The Balaban J connectivity index is 1.17. The fourth-order valence-corrected chi connectivity index (χ4v) is 10.2. The Morgan fingerprint density at radius 2 is 1.07 bits per heavy atom. The van der Waals surface area contributed by atoms with Gasteiger partial charge in [-0.15, -0.1) is 11.3 Å². The fraction of sp³-hybridized carbons (Fsp3) is 0. The third-order valence-electron chi connectivity index (χ3n) is 11.8. The van der Waals surface area contributed by atoms with E-state index in [9.17, 15) is 0 Å². The van der Waals surface area contributed by atoms with Gasteiger partial charge in [-0.3, -0.25) is 0 Å². The van der Waals surface area contributed by atoms with E-state index in [1.54, 1.807) is 11.3 Å². The SMILES string of the molecule is c1ccc2cc(-c3nc(-c4ccc5c(oc6ccccc65)c4-n4c5ccccc5c5cc6ccccc6cc54)nc(-c4cccc5sc6ccccc6c45)n3)ccc2c1. The molecule has 0 aliphatic rings. The van der Waals surface area contributed by atoms with Gasteiger partial charge in [0.2, 0.25) is 0 Å². The Hall–Kier alpha value is -7.67. The third kappa shape index (κ3) is 4.87. The summed E-state index contributed by atoms with van der Waals surface area (Å²) in [4.78, 5) is 16.2. The highest BCUT2D eigenvalue weighted by Gasteiger charge is 2.25. The van der Waals surface area contributed by atoms with E-state index in [-0.39, 0.29) is 0 Å². The molecule has 13 rings (SSSR count). The smallest absolute Gasteiger partial charge is 0.166 e. The topological polar surface area (TPSA) is 56.7 Å². The molecule has 0 aliphatic carbocycles. The van der Waals surface area contributed by atoms with Crippen LogP contribution < -0.4 is 0 Å². The van der Waals surface area contributed by atoms with Crippen LogP contribution in [0.2, 0.25) is 0 Å². The van der Waals surface area contributed by atoms with Crippen LogP contribution in [0.15, 0.2) is 186 Å². The molecule has 0 spiro atoms. The van der Waals surface area contributed by atoms with Crippen molar-refractivity contribution in [3.8, 4) is 39.9 Å². The van der Waals surface area contributed by atoms with Crippen molar-refractivity contribution in [3.63, 3.8) is 0 Å². The van der Waals surface area contributed by atoms with Crippen molar-refractivity contribution in [2.24, 2.45) is 0 Å². The first-order chi connectivity index (χ1) is 29.2. The van der Waals surface area contributed by atoms with Crippen LogP contribution in [0.5, 0.6) is 0 Å². The maximum Gasteiger partial charge on any atom is 0.166 e. The molecule has 0 aliphatic heterocycles. The summed E-state index contributed by atoms with van der Waals surface area (Å²) >= 11 is 1.79. The maximum atomic E-state index is 6.94. The maximum absolute atomic E-state index is 6.94. The second kappa shape index (κ2) is 12.4. The number of thiophene rings is 1. The Bertz CT molecular complexity index is 3870. The Morgan fingerprint density at radius 3 is 1.93 bits per heavy atom. The largest absolute Gasteiger partial charge is 0.454 e. The van der Waals surface area contributed by atoms with Crippen LogP contribution in [0.1, 0.15) is 0 Å². The highest BCUT2D eigenvalue weighted by molar-refractivity contribution is 7.25. The van der Waals surface area contributed by atoms with Gasteiger partial charge in [-0.1, -0.05) is 127 Å². The van der Waals surface area contributed by atoms with Gasteiger partial charge in [0.1, 0.15) is 11.3 Å². The number of hydrogen-bond donors (Lipinski definition) is 0. The molecule has 0 bridgehead atoms. The van der Waals surface area contributed by atoms with Crippen LogP contribution in [-0.2, 0) is 0 Å². The van der Waals surface area contributed by atoms with E-state index in [0.717, 1.165) is 76.9 Å². The molecule has 0 radical (unpaired) electrons. The van der Waals surface area contributed by atoms with E-state index in [2.05, 4.69) is 174 Å². The predicted octanol–water partition coefficient (Wildman–Crippen LogP) is 14.5. The minimum absolute atomic E-state index is 0.568. The standard InChI is InChI=1S/C53H30N4OS/c1-2-13-32-28-35(25-24-31(32)12-1)51-54-52(40-19-11-23-47-48(40)39-18-7-10-22-46(39)59-47)56-53(55-51)41-27-26-38-37-17-6-9-21-45(37)58-50(38)49(41)57-43-20-8-5-16-36(43)42-29-33-14-3-4-15-34(33)30-44(42)57/h1-30H. The lowest BCUT2D eigenvalue weighted by atomic mass is 10.0. The highest BCUT2D eigenvalue weighted by atomic mass is 32.1. The first-order valence-electron chi connectivity index (χ1n) is 19.8. The van der Waals surface area contributed by atoms with E-state index in [1.165, 1.54) is 30.9 Å². The summed E-state index contributed by atoms with van der Waals surface area (Å²) < 4.78 is 11.7. The summed E-state index contributed by atoms with van der Waals surface area (Å²) in [5.74, 6) is 1.80. The van der Waals surface area contributed by atoms with E-state index in [1.807, 2.05) is 12.1 Å². The Morgan fingerprint density at radius 1 is 0.407 bits per heavy atom. The fourth-order valence-electron chi connectivity index (χ4n) is 9.11. The second-order valence-corrected chi connectivity index (χ2v) is 16.2. The average Bonchev–Trinajstić information content (AvgIpc) is 3.97. The molecule has 9 aromatic carbocycles. The number of para-hydroxylation sites is 2. The number of furan rings is 1. The number of fused-ring (bicyclic) bond motifs is 11. The van der Waals surface area contributed by atoms with Gasteiger partial charge in [-0.05, 0) is 76.1 Å². The molecule has 6 heteroatoms. The van der Waals surface area contributed by atoms with Crippen molar-refractivity contribution in [1.29, 1.82) is 0 Å². The normalized spacial score (nSPS) is 12.1. The Labute approximate surface area is 341 Å². The first-order valence-corrected chi connectivity index (χ1v) is 20.6. The molecule has 59 heavy (non-hydrogen) atoms. The van der Waals surface area contributed by atoms with E-state index >= 15 is 0 Å². The number of nitrogens with zero attached hydrogens (tertiary/aromatic N) is 4. The van der Waals surface area contributed by atoms with Crippen LogP contribution in [0.25, 0.3) is 125 Å². The van der Waals surface area contributed by atoms with Crippen LogP contribution >= 0.6 is 11.3 Å². The lowest BCUT2D eigenvalue weighted by Gasteiger charge is -2.16. The van der Waals surface area contributed by atoms with Gasteiger partial charge >= 0.3 is 0 Å². The molecule has 0 fully saturated rings. The van der Waals surface area contributed by atoms with Gasteiger partial charge in [-0.2, -0.15) is 0 Å². The predicted molar refractivity (Wildman–Crippen MR) is 246 cm³/mol. The lowest BCUT2D eigenvalue weighted by Crippen LogP contribution is -2.04. The molecule has 274 valence electrons. The van der Waals surface area contributed by atoms with Crippen LogP contribution in [0.4, 0.5) is 0 Å². The molecule has 0 unspecified atom stereocenters. The second-order valence-electron chi connectivity index (χ2n) is 15.2. The van der Waals surface area contributed by atoms with Crippen molar-refractivity contribution >= 4 is 96.8 Å². The summed E-state index contributed by atoms with van der Waals surface area (Å²) in [6.45, 7) is 0. The van der Waals surface area contributed by atoms with Gasteiger partial charge < -0.3 is 8.98 Å². The molecular weight excluding hydrogens is 741 g/mol. The van der Waals surface area contributed by atoms with Crippen molar-refractivity contribution in [3.05, 3.63) is 182 Å². The number of hydrogen-bond acceptors (Lipinski definition) is 5. The van der Waals surface area contributed by atoms with Gasteiger partial charge in [-0.25, -0.2) is 15.0 Å². The zero-order valence-corrected chi connectivity index (χ0v) is 32.2. The molecule has 0 atom stereocenters. The molecule has 0 saturated heterocycles. The van der Waals surface area contributed by atoms with Crippen molar-refractivity contribution in [1.82, 2.24) is 19.5 Å². The molecule has 0 amide bonds. The summed E-state index contributed by atoms with van der Waals surface area (Å²) in [5, 5.41) is 11.4. The van der Waals surface area contributed by atoms with E-state index < -0.39 is 0 Å². The van der Waals surface area contributed by atoms with Crippen molar-refractivity contribution in [2.45, 2.75) is 0 Å². The van der Waals surface area contributed by atoms with Crippen molar-refractivity contribution < 1.29 is 4.42 Å². The molecule has 13 aromatic rings. The molecule has 5 nitrogen and oxygen atoms in total. The molecule has 0 N–H and O–H groups in total. The van der Waals surface area contributed by atoms with E-state index in [4.69, 9.17) is 19.4 Å². The summed E-state index contributed by atoms with van der Waals surface area (Å²) in [7, 11) is 0. The first kappa shape index (κ1) is 32.4. The average molecular weight is 771 g/mol. The molecule has 4 aromatic heterocycles. The summed E-state index contributed by atoms with van der Waals surface area (Å²) in [6, 6.07) is 64.3. The van der Waals surface area contributed by atoms with Crippen LogP contribution in [0, 0.1) is 0 Å². The summed E-state index contributed by atoms with van der Waals surface area (Å²) in [5.41, 5.74) is 7.39. The van der Waals surface area contributed by atoms with Gasteiger partial charge in [0.15, 0.2) is 23.1 Å². The third-order valence-corrected chi connectivity index (χ3v) is 12.9. The quantitative estimate of drug-likeness (QED) is 0.179. The lowest BCUT2D eigenvalue weighted by molar-refractivity contribution is 0.666. The monoisotopic (exact) mass is 770 g/mol. The van der Waals surface area contributed by atoms with Crippen LogP contribution in [0.3, 0.4) is 0 Å². The molecule has 4 heterocycles. The molecular formula is C53H30N4OS. The molecule has 0 saturated carbocycles. The van der Waals surface area contributed by atoms with Gasteiger partial charge in [0.05, 0.1) is 11.0 Å². The number of benzene rings is 9. The van der Waals surface area contributed by atoms with Gasteiger partial charge in [0, 0.05) is 58.4 Å². The minimum atomic E-state index is 0.568. The Kier molecular flexibility index (Phi) is 6.82.